The number of esters is 1. The lowest BCUT2D eigenvalue weighted by Gasteiger charge is -2.36. The van der Waals surface area contributed by atoms with Crippen molar-refractivity contribution in [3.05, 3.63) is 24.3 Å². The molecule has 0 saturated heterocycles. The lowest BCUT2D eigenvalue weighted by atomic mass is 9.75. The van der Waals surface area contributed by atoms with E-state index in [0.717, 1.165) is 19.3 Å². The number of aromatic nitrogens is 3. The van der Waals surface area contributed by atoms with Crippen molar-refractivity contribution in [2.45, 2.75) is 96.3 Å². The molecule has 8 nitrogen and oxygen atoms in total. The molecule has 1 aliphatic rings. The highest BCUT2D eigenvalue weighted by Gasteiger charge is 2.33. The molecule has 0 aliphatic heterocycles. The largest absolute Gasteiger partial charge is 0.461 e. The topological polar surface area (TPSA) is 94.4 Å². The first-order valence-electron chi connectivity index (χ1n) is 13.9. The predicted octanol–water partition coefficient (Wildman–Crippen LogP) is 6.04. The van der Waals surface area contributed by atoms with Crippen molar-refractivity contribution in [3.63, 3.8) is 0 Å². The van der Waals surface area contributed by atoms with Crippen LogP contribution in [0.4, 0.5) is 0 Å². The SMILES string of the molecule is CC[C@H](C)n1c(SCC(=O)O[C@@H]2C[C@H](C)CC[C@@H]2C(C)C)nnc1-c1cccc(S(=O)(=O)N(CC)CC)c1. The van der Waals surface area contributed by atoms with E-state index in [-0.39, 0.29) is 28.8 Å². The number of sulfonamides is 1. The lowest BCUT2D eigenvalue weighted by Crippen LogP contribution is -2.36. The van der Waals surface area contributed by atoms with E-state index in [9.17, 15) is 13.2 Å². The minimum absolute atomic E-state index is 0.0367. The van der Waals surface area contributed by atoms with Crippen molar-refractivity contribution >= 4 is 27.8 Å². The Hall–Kier alpha value is -1.91. The Balaban J connectivity index is 1.82. The number of carbonyl (C=O) groups excluding carboxylic acids is 1. The molecular formula is C28H44N4O4S2. The first-order chi connectivity index (χ1) is 18.0. The first kappa shape index (κ1) is 30.6. The summed E-state index contributed by atoms with van der Waals surface area (Å²) < 4.78 is 35.6. The van der Waals surface area contributed by atoms with Crippen LogP contribution in [0.2, 0.25) is 0 Å². The van der Waals surface area contributed by atoms with Crippen LogP contribution >= 0.6 is 11.8 Å². The molecule has 1 aliphatic carbocycles. The van der Waals surface area contributed by atoms with Gasteiger partial charge in [-0.3, -0.25) is 9.36 Å². The normalized spacial score (nSPS) is 21.1. The summed E-state index contributed by atoms with van der Waals surface area (Å²) in [6.45, 7) is 15.2. The van der Waals surface area contributed by atoms with Crippen LogP contribution in [-0.4, -0.2) is 58.4 Å². The average molecular weight is 565 g/mol. The van der Waals surface area contributed by atoms with Gasteiger partial charge in [0.15, 0.2) is 11.0 Å². The van der Waals surface area contributed by atoms with Crippen LogP contribution in [0.1, 0.15) is 80.2 Å². The summed E-state index contributed by atoms with van der Waals surface area (Å²) in [5.41, 5.74) is 0.677. The molecule has 0 amide bonds. The van der Waals surface area contributed by atoms with Gasteiger partial charge in [0, 0.05) is 24.7 Å². The van der Waals surface area contributed by atoms with Crippen molar-refractivity contribution in [2.75, 3.05) is 18.8 Å². The van der Waals surface area contributed by atoms with Gasteiger partial charge in [-0.1, -0.05) is 71.9 Å². The Kier molecular flexibility index (Phi) is 10.8. The van der Waals surface area contributed by atoms with Crippen LogP contribution in [0.25, 0.3) is 11.4 Å². The van der Waals surface area contributed by atoms with Gasteiger partial charge < -0.3 is 4.74 Å². The van der Waals surface area contributed by atoms with Crippen molar-refractivity contribution in [3.8, 4) is 11.4 Å². The molecule has 0 N–H and O–H groups in total. The van der Waals surface area contributed by atoms with Crippen LogP contribution in [0.15, 0.2) is 34.3 Å². The standard InChI is InChI=1S/C28H44N4O4S2/c1-8-21(7)32-27(22-12-11-13-23(17-22)38(34,35)31(9-2)10-3)29-30-28(32)37-18-26(33)36-25-16-20(6)14-15-24(25)19(4)5/h11-13,17,19-21,24-25H,8-10,14-16,18H2,1-7H3/t20-,21+,24-,25-/m1/s1. The van der Waals surface area contributed by atoms with Gasteiger partial charge in [0.25, 0.3) is 0 Å². The van der Waals surface area contributed by atoms with Crippen LogP contribution in [-0.2, 0) is 19.6 Å². The molecule has 1 saturated carbocycles. The number of thioether (sulfide) groups is 1. The summed E-state index contributed by atoms with van der Waals surface area (Å²) in [7, 11) is -3.60. The monoisotopic (exact) mass is 564 g/mol. The third-order valence-electron chi connectivity index (χ3n) is 7.69. The number of ether oxygens (including phenoxy) is 1. The Bertz CT molecular complexity index is 1180. The van der Waals surface area contributed by atoms with E-state index in [1.54, 1.807) is 18.2 Å². The Labute approximate surface area is 233 Å². The van der Waals surface area contributed by atoms with E-state index >= 15 is 0 Å². The molecule has 3 rings (SSSR count). The van der Waals surface area contributed by atoms with Crippen molar-refractivity contribution in [1.29, 1.82) is 0 Å². The average Bonchev–Trinajstić information content (AvgIpc) is 3.31. The van der Waals surface area contributed by atoms with Crippen molar-refractivity contribution < 1.29 is 17.9 Å². The summed E-state index contributed by atoms with van der Waals surface area (Å²) in [6.07, 6.45) is 3.99. The summed E-state index contributed by atoms with van der Waals surface area (Å²) >= 11 is 1.32. The molecule has 2 aromatic rings. The van der Waals surface area contributed by atoms with E-state index in [0.29, 0.717) is 47.4 Å². The number of hydrogen-bond acceptors (Lipinski definition) is 7. The highest BCUT2D eigenvalue weighted by molar-refractivity contribution is 7.99. The van der Waals surface area contributed by atoms with Gasteiger partial charge in [0.05, 0.1) is 10.6 Å². The second-order valence-electron chi connectivity index (χ2n) is 10.7. The van der Waals surface area contributed by atoms with E-state index in [4.69, 9.17) is 4.74 Å². The first-order valence-corrected chi connectivity index (χ1v) is 16.3. The maximum absolute atomic E-state index is 13.1. The maximum Gasteiger partial charge on any atom is 0.316 e. The van der Waals surface area contributed by atoms with Gasteiger partial charge in [-0.05, 0) is 56.1 Å². The molecule has 1 aromatic heterocycles. The van der Waals surface area contributed by atoms with Crippen molar-refractivity contribution in [2.24, 2.45) is 17.8 Å². The molecule has 10 heteroatoms. The lowest BCUT2D eigenvalue weighted by molar-refractivity contribution is -0.152. The molecule has 0 bridgehead atoms. The number of carbonyl (C=O) groups is 1. The summed E-state index contributed by atoms with van der Waals surface area (Å²) in [6, 6.07) is 6.93. The van der Waals surface area contributed by atoms with Gasteiger partial charge in [-0.2, -0.15) is 4.31 Å². The van der Waals surface area contributed by atoms with Gasteiger partial charge in [-0.25, -0.2) is 8.42 Å². The fourth-order valence-corrected chi connectivity index (χ4v) is 7.56. The number of hydrogen-bond donors (Lipinski definition) is 0. The molecule has 38 heavy (non-hydrogen) atoms. The van der Waals surface area contributed by atoms with E-state index in [1.165, 1.54) is 22.5 Å². The maximum atomic E-state index is 13.1. The summed E-state index contributed by atoms with van der Waals surface area (Å²) in [5.74, 6) is 1.95. The molecule has 212 valence electrons. The van der Waals surface area contributed by atoms with E-state index in [2.05, 4.69) is 44.8 Å². The minimum atomic E-state index is -3.60. The van der Waals surface area contributed by atoms with E-state index < -0.39 is 10.0 Å². The molecular weight excluding hydrogens is 520 g/mol. The van der Waals surface area contributed by atoms with Crippen LogP contribution in [0.3, 0.4) is 0 Å². The third-order valence-corrected chi connectivity index (χ3v) is 10.7. The van der Waals surface area contributed by atoms with Gasteiger partial charge in [0.1, 0.15) is 6.10 Å². The van der Waals surface area contributed by atoms with Crippen LogP contribution in [0.5, 0.6) is 0 Å². The Morgan fingerprint density at radius 2 is 1.87 bits per heavy atom. The second kappa shape index (κ2) is 13.4. The number of benzene rings is 1. The smallest absolute Gasteiger partial charge is 0.316 e. The van der Waals surface area contributed by atoms with E-state index in [1.807, 2.05) is 24.5 Å². The van der Waals surface area contributed by atoms with Gasteiger partial charge >= 0.3 is 5.97 Å². The summed E-state index contributed by atoms with van der Waals surface area (Å²) in [5, 5.41) is 9.46. The minimum Gasteiger partial charge on any atom is -0.461 e. The zero-order chi connectivity index (χ0) is 28.0. The highest BCUT2D eigenvalue weighted by Crippen LogP contribution is 2.36. The molecule has 0 unspecified atom stereocenters. The number of rotatable bonds is 12. The fraction of sp³-hybridized carbons (Fsp3) is 0.679. The van der Waals surface area contributed by atoms with Crippen LogP contribution < -0.4 is 0 Å². The zero-order valence-electron chi connectivity index (χ0n) is 23.9. The third kappa shape index (κ3) is 6.99. The molecule has 4 atom stereocenters. The molecule has 1 heterocycles. The molecule has 0 radical (unpaired) electrons. The van der Waals surface area contributed by atoms with Crippen molar-refractivity contribution in [1.82, 2.24) is 19.1 Å². The molecule has 1 aromatic carbocycles. The number of nitrogens with zero attached hydrogens (tertiary/aromatic N) is 4. The fourth-order valence-electron chi connectivity index (χ4n) is 5.24. The van der Waals surface area contributed by atoms with Gasteiger partial charge in [0.2, 0.25) is 10.0 Å². The Morgan fingerprint density at radius 1 is 1.16 bits per heavy atom. The van der Waals surface area contributed by atoms with Crippen LogP contribution in [0, 0.1) is 17.8 Å². The van der Waals surface area contributed by atoms with Gasteiger partial charge in [-0.15, -0.1) is 10.2 Å². The zero-order valence-corrected chi connectivity index (χ0v) is 25.5. The second-order valence-corrected chi connectivity index (χ2v) is 13.6. The Morgan fingerprint density at radius 3 is 2.50 bits per heavy atom. The molecule has 1 fully saturated rings. The summed E-state index contributed by atoms with van der Waals surface area (Å²) in [4.78, 5) is 13.1. The quantitative estimate of drug-likeness (QED) is 0.229. The highest BCUT2D eigenvalue weighted by atomic mass is 32.2. The molecule has 0 spiro atoms. The predicted molar refractivity (Wildman–Crippen MR) is 153 cm³/mol.